The van der Waals surface area contributed by atoms with Gasteiger partial charge in [-0.3, -0.25) is 9.20 Å². The number of alkyl halides is 5. The summed E-state index contributed by atoms with van der Waals surface area (Å²) in [6.45, 7) is 0. The Balaban J connectivity index is 1.34. The topological polar surface area (TPSA) is 58.4 Å². The molecule has 4 rings (SSSR count). The third-order valence-corrected chi connectivity index (χ3v) is 5.62. The van der Waals surface area contributed by atoms with Crippen molar-refractivity contribution in [3.63, 3.8) is 0 Å². The fourth-order valence-electron chi connectivity index (χ4n) is 3.90. The summed E-state index contributed by atoms with van der Waals surface area (Å²) in [5, 5.41) is 6.21. The SMILES string of the molecule is O=C(NC1CCC(Nc2cccc3nc(C(F)(F)F)cn23)CC1)c1ccc(C(F)F)cc1. The van der Waals surface area contributed by atoms with Crippen LogP contribution in [-0.2, 0) is 6.18 Å². The maximum atomic E-state index is 13.0. The van der Waals surface area contributed by atoms with Crippen LogP contribution in [0.4, 0.5) is 27.8 Å². The van der Waals surface area contributed by atoms with Gasteiger partial charge in [0, 0.05) is 29.4 Å². The van der Waals surface area contributed by atoms with Crippen LogP contribution in [0.1, 0.15) is 53.7 Å². The molecule has 0 unspecified atom stereocenters. The molecule has 0 radical (unpaired) electrons. The highest BCUT2D eigenvalue weighted by atomic mass is 19.4. The van der Waals surface area contributed by atoms with Crippen molar-refractivity contribution in [1.29, 1.82) is 0 Å². The van der Waals surface area contributed by atoms with Crippen molar-refractivity contribution in [1.82, 2.24) is 14.7 Å². The number of nitrogens with zero attached hydrogens (tertiary/aromatic N) is 2. The van der Waals surface area contributed by atoms with Crippen LogP contribution in [0, 0.1) is 0 Å². The zero-order valence-electron chi connectivity index (χ0n) is 16.9. The van der Waals surface area contributed by atoms with Gasteiger partial charge in [-0.05, 0) is 49.9 Å². The number of amides is 1. The highest BCUT2D eigenvalue weighted by molar-refractivity contribution is 5.94. The molecule has 0 atom stereocenters. The van der Waals surface area contributed by atoms with Gasteiger partial charge in [-0.15, -0.1) is 0 Å². The molecule has 0 bridgehead atoms. The van der Waals surface area contributed by atoms with Gasteiger partial charge in [-0.1, -0.05) is 18.2 Å². The fourth-order valence-corrected chi connectivity index (χ4v) is 3.90. The summed E-state index contributed by atoms with van der Waals surface area (Å²) in [6, 6.07) is 10.1. The van der Waals surface area contributed by atoms with E-state index >= 15 is 0 Å². The quantitative estimate of drug-likeness (QED) is 0.507. The van der Waals surface area contributed by atoms with Crippen molar-refractivity contribution >= 4 is 17.4 Å². The Morgan fingerprint density at radius 3 is 2.28 bits per heavy atom. The molecule has 1 aromatic carbocycles. The van der Waals surface area contributed by atoms with E-state index < -0.39 is 18.3 Å². The second-order valence-corrected chi connectivity index (χ2v) is 7.85. The van der Waals surface area contributed by atoms with Crippen molar-refractivity contribution in [2.45, 2.75) is 50.4 Å². The van der Waals surface area contributed by atoms with Gasteiger partial charge in [0.2, 0.25) is 0 Å². The third-order valence-electron chi connectivity index (χ3n) is 5.62. The first-order valence-electron chi connectivity index (χ1n) is 10.2. The van der Waals surface area contributed by atoms with E-state index in [2.05, 4.69) is 15.6 Å². The largest absolute Gasteiger partial charge is 0.434 e. The van der Waals surface area contributed by atoms with Gasteiger partial charge in [0.15, 0.2) is 5.69 Å². The second-order valence-electron chi connectivity index (χ2n) is 7.85. The Labute approximate surface area is 180 Å². The van der Waals surface area contributed by atoms with Crippen LogP contribution in [0.15, 0.2) is 48.7 Å². The number of carbonyl (C=O) groups is 1. The van der Waals surface area contributed by atoms with Crippen molar-refractivity contribution < 1.29 is 26.7 Å². The number of carbonyl (C=O) groups excluding carboxylic acids is 1. The Morgan fingerprint density at radius 2 is 1.66 bits per heavy atom. The van der Waals surface area contributed by atoms with Crippen molar-refractivity contribution in [2.75, 3.05) is 5.32 Å². The number of nitrogens with one attached hydrogen (secondary N) is 2. The molecule has 2 aromatic heterocycles. The van der Waals surface area contributed by atoms with Crippen LogP contribution in [0.5, 0.6) is 0 Å². The normalized spacial score (nSPS) is 19.3. The molecule has 32 heavy (non-hydrogen) atoms. The minimum Gasteiger partial charge on any atom is -0.368 e. The molecule has 0 spiro atoms. The van der Waals surface area contributed by atoms with Gasteiger partial charge in [0.05, 0.1) is 0 Å². The van der Waals surface area contributed by atoms with Gasteiger partial charge >= 0.3 is 6.18 Å². The number of halogens is 5. The highest BCUT2D eigenvalue weighted by Gasteiger charge is 2.34. The lowest BCUT2D eigenvalue weighted by Gasteiger charge is -2.30. The lowest BCUT2D eigenvalue weighted by Crippen LogP contribution is -2.40. The van der Waals surface area contributed by atoms with Crippen molar-refractivity contribution in [2.24, 2.45) is 0 Å². The summed E-state index contributed by atoms with van der Waals surface area (Å²) >= 11 is 0. The smallest absolute Gasteiger partial charge is 0.368 e. The maximum absolute atomic E-state index is 13.0. The number of anilines is 1. The van der Waals surface area contributed by atoms with E-state index in [1.807, 2.05) is 0 Å². The van der Waals surface area contributed by atoms with Crippen LogP contribution in [0.25, 0.3) is 5.65 Å². The molecular formula is C22H21F5N4O. The van der Waals surface area contributed by atoms with Gasteiger partial charge < -0.3 is 10.6 Å². The Bertz CT molecular complexity index is 1090. The van der Waals surface area contributed by atoms with Crippen LogP contribution < -0.4 is 10.6 Å². The summed E-state index contributed by atoms with van der Waals surface area (Å²) in [6.07, 6.45) is -3.32. The molecule has 1 aliphatic carbocycles. The summed E-state index contributed by atoms with van der Waals surface area (Å²) in [5.74, 6) is 0.210. The molecule has 2 heterocycles. The number of hydrogen-bond acceptors (Lipinski definition) is 3. The zero-order chi connectivity index (χ0) is 22.9. The van der Waals surface area contributed by atoms with Crippen LogP contribution in [-0.4, -0.2) is 27.4 Å². The number of aromatic nitrogens is 2. The number of benzene rings is 1. The Kier molecular flexibility index (Phi) is 6.03. The molecule has 0 aliphatic heterocycles. The molecule has 5 nitrogen and oxygen atoms in total. The predicted octanol–water partition coefficient (Wildman–Crippen LogP) is 5.44. The fraction of sp³-hybridized carbons (Fsp3) is 0.364. The minimum atomic E-state index is -4.51. The second kappa shape index (κ2) is 8.76. The Hall–Kier alpha value is -3.17. The van der Waals surface area contributed by atoms with Crippen LogP contribution >= 0.6 is 0 Å². The lowest BCUT2D eigenvalue weighted by atomic mass is 9.91. The van der Waals surface area contributed by atoms with E-state index in [-0.39, 0.29) is 29.2 Å². The zero-order valence-corrected chi connectivity index (χ0v) is 16.9. The van der Waals surface area contributed by atoms with Gasteiger partial charge in [-0.25, -0.2) is 13.8 Å². The van der Waals surface area contributed by atoms with Crippen LogP contribution in [0.3, 0.4) is 0 Å². The number of rotatable bonds is 5. The van der Waals surface area contributed by atoms with E-state index in [4.69, 9.17) is 0 Å². The van der Waals surface area contributed by atoms with Gasteiger partial charge in [0.25, 0.3) is 12.3 Å². The lowest BCUT2D eigenvalue weighted by molar-refractivity contribution is -0.140. The molecule has 1 fully saturated rings. The predicted molar refractivity (Wildman–Crippen MR) is 109 cm³/mol. The van der Waals surface area contributed by atoms with Crippen LogP contribution in [0.2, 0.25) is 0 Å². The summed E-state index contributed by atoms with van der Waals surface area (Å²) in [7, 11) is 0. The number of imidazole rings is 1. The maximum Gasteiger partial charge on any atom is 0.434 e. The first-order valence-corrected chi connectivity index (χ1v) is 10.2. The highest BCUT2D eigenvalue weighted by Crippen LogP contribution is 2.30. The molecule has 0 saturated heterocycles. The van der Waals surface area contributed by atoms with Gasteiger partial charge in [0.1, 0.15) is 11.5 Å². The minimum absolute atomic E-state index is 0.0378. The summed E-state index contributed by atoms with van der Waals surface area (Å²) in [4.78, 5) is 16.0. The van der Waals surface area contributed by atoms with Gasteiger partial charge in [-0.2, -0.15) is 13.2 Å². The molecule has 3 aromatic rings. The molecular weight excluding hydrogens is 431 g/mol. The van der Waals surface area contributed by atoms with E-state index in [1.54, 1.807) is 12.1 Å². The summed E-state index contributed by atoms with van der Waals surface area (Å²) < 4.78 is 65.6. The van der Waals surface area contributed by atoms with Crippen molar-refractivity contribution in [3.05, 3.63) is 65.5 Å². The van der Waals surface area contributed by atoms with E-state index in [0.29, 0.717) is 37.1 Å². The molecule has 2 N–H and O–H groups in total. The Morgan fingerprint density at radius 1 is 1.00 bits per heavy atom. The third kappa shape index (κ3) is 4.84. The molecule has 170 valence electrons. The van der Waals surface area contributed by atoms with Crippen molar-refractivity contribution in [3.8, 4) is 0 Å². The first kappa shape index (κ1) is 22.0. The van der Waals surface area contributed by atoms with E-state index in [9.17, 15) is 26.7 Å². The monoisotopic (exact) mass is 452 g/mol. The summed E-state index contributed by atoms with van der Waals surface area (Å²) in [5.41, 5.74) is -0.550. The number of pyridine rings is 1. The average molecular weight is 452 g/mol. The molecule has 1 aliphatic rings. The standard InChI is InChI=1S/C22H21F5N4O/c23-20(24)13-4-6-14(7-5-13)21(32)29-16-10-8-15(9-11-16)28-18-2-1-3-19-30-17(12-31(18)19)22(25,26)27/h1-7,12,15-16,20,28H,8-11H2,(H,29,32). The first-order chi connectivity index (χ1) is 15.2. The van der Waals surface area contributed by atoms with E-state index in [1.165, 1.54) is 34.7 Å². The number of hydrogen-bond donors (Lipinski definition) is 2. The van der Waals surface area contributed by atoms with E-state index in [0.717, 1.165) is 6.20 Å². The molecule has 1 amide bonds. The average Bonchev–Trinajstić information content (AvgIpc) is 3.21. The molecule has 1 saturated carbocycles. The number of fused-ring (bicyclic) bond motifs is 1. The molecule has 10 heteroatoms.